The average Bonchev–Trinajstić information content (AvgIpc) is 2.46. The van der Waals surface area contributed by atoms with Crippen molar-refractivity contribution in [3.05, 3.63) is 35.6 Å². The first-order valence-corrected chi connectivity index (χ1v) is 8.09. The van der Waals surface area contributed by atoms with E-state index in [1.165, 1.54) is 24.8 Å². The average molecular weight is 295 g/mol. The summed E-state index contributed by atoms with van der Waals surface area (Å²) in [5.74, 6) is 1.17. The van der Waals surface area contributed by atoms with Gasteiger partial charge in [0.15, 0.2) is 0 Å². The van der Waals surface area contributed by atoms with Crippen molar-refractivity contribution in [1.29, 1.82) is 0 Å². The Hall–Kier alpha value is -0.930. The van der Waals surface area contributed by atoms with Crippen molar-refractivity contribution >= 4 is 0 Å². The molecule has 1 aromatic rings. The van der Waals surface area contributed by atoms with Gasteiger partial charge in [-0.1, -0.05) is 38.8 Å². The van der Waals surface area contributed by atoms with Gasteiger partial charge in [0, 0.05) is 13.7 Å². The first kappa shape index (κ1) is 18.1. The molecule has 0 bridgehead atoms. The minimum Gasteiger partial charge on any atom is -0.383 e. The lowest BCUT2D eigenvalue weighted by Crippen LogP contribution is -2.28. The number of hydrogen-bond donors (Lipinski definition) is 1. The highest BCUT2D eigenvalue weighted by Crippen LogP contribution is 2.20. The largest absolute Gasteiger partial charge is 0.383 e. The van der Waals surface area contributed by atoms with Crippen molar-refractivity contribution in [2.45, 2.75) is 39.5 Å². The Labute approximate surface area is 129 Å². The molecule has 0 saturated heterocycles. The normalized spacial score (nSPS) is 14.1. The number of ether oxygens (including phenoxy) is 1. The van der Waals surface area contributed by atoms with Crippen molar-refractivity contribution in [3.63, 3.8) is 0 Å². The molecule has 2 nitrogen and oxygen atoms in total. The molecule has 1 rings (SSSR count). The van der Waals surface area contributed by atoms with E-state index in [9.17, 15) is 4.39 Å². The van der Waals surface area contributed by atoms with Gasteiger partial charge >= 0.3 is 0 Å². The van der Waals surface area contributed by atoms with E-state index >= 15 is 0 Å². The van der Waals surface area contributed by atoms with Gasteiger partial charge in [-0.2, -0.15) is 0 Å². The Morgan fingerprint density at radius 3 is 2.57 bits per heavy atom. The van der Waals surface area contributed by atoms with Crippen molar-refractivity contribution in [3.8, 4) is 0 Å². The molecule has 1 aromatic carbocycles. The molecule has 2 unspecified atom stereocenters. The van der Waals surface area contributed by atoms with Crippen LogP contribution in [0, 0.1) is 17.7 Å². The third-order valence-electron chi connectivity index (χ3n) is 3.87. The number of halogens is 1. The molecule has 0 spiro atoms. The van der Waals surface area contributed by atoms with Gasteiger partial charge in [-0.05, 0) is 48.9 Å². The molecule has 0 heterocycles. The maximum atomic E-state index is 13.0. The van der Waals surface area contributed by atoms with Crippen LogP contribution in [0.1, 0.15) is 38.7 Å². The van der Waals surface area contributed by atoms with Crippen LogP contribution < -0.4 is 5.32 Å². The molecular formula is C18H30FNO. The summed E-state index contributed by atoms with van der Waals surface area (Å²) in [6.07, 6.45) is 4.74. The van der Waals surface area contributed by atoms with Gasteiger partial charge in [-0.15, -0.1) is 0 Å². The first-order chi connectivity index (χ1) is 10.2. The third-order valence-corrected chi connectivity index (χ3v) is 3.87. The molecule has 21 heavy (non-hydrogen) atoms. The van der Waals surface area contributed by atoms with E-state index in [-0.39, 0.29) is 5.82 Å². The standard InChI is InChI=1S/C18H30FNO/c1-4-5-15(2)12-17(14-20-10-11-21-3)13-16-6-8-18(19)9-7-16/h6-9,15,17,20H,4-5,10-14H2,1-3H3. The maximum Gasteiger partial charge on any atom is 0.123 e. The predicted molar refractivity (Wildman–Crippen MR) is 87.0 cm³/mol. The van der Waals surface area contributed by atoms with Gasteiger partial charge in [0.25, 0.3) is 0 Å². The lowest BCUT2D eigenvalue weighted by atomic mass is 9.88. The van der Waals surface area contributed by atoms with E-state index in [4.69, 9.17) is 4.74 Å². The van der Waals surface area contributed by atoms with Crippen LogP contribution in [0.2, 0.25) is 0 Å². The second-order valence-corrected chi connectivity index (χ2v) is 6.02. The molecular weight excluding hydrogens is 265 g/mol. The van der Waals surface area contributed by atoms with Crippen LogP contribution in [-0.2, 0) is 11.2 Å². The van der Waals surface area contributed by atoms with Crippen LogP contribution in [0.3, 0.4) is 0 Å². The predicted octanol–water partition coefficient (Wildman–Crippen LogP) is 4.05. The van der Waals surface area contributed by atoms with Crippen LogP contribution in [0.25, 0.3) is 0 Å². The molecule has 0 aliphatic heterocycles. The summed E-state index contributed by atoms with van der Waals surface area (Å²) in [6.45, 7) is 7.19. The van der Waals surface area contributed by atoms with Gasteiger partial charge in [0.05, 0.1) is 6.61 Å². The van der Waals surface area contributed by atoms with Crippen LogP contribution in [0.5, 0.6) is 0 Å². The molecule has 0 fully saturated rings. The zero-order valence-corrected chi connectivity index (χ0v) is 13.7. The molecule has 3 heteroatoms. The fourth-order valence-corrected chi connectivity index (χ4v) is 2.85. The summed E-state index contributed by atoms with van der Waals surface area (Å²) < 4.78 is 18.1. The van der Waals surface area contributed by atoms with Gasteiger partial charge in [-0.3, -0.25) is 0 Å². The first-order valence-electron chi connectivity index (χ1n) is 8.09. The molecule has 0 aliphatic carbocycles. The molecule has 0 saturated carbocycles. The second kappa shape index (κ2) is 10.7. The number of rotatable bonds is 11. The van der Waals surface area contributed by atoms with E-state index in [1.807, 2.05) is 12.1 Å². The number of hydrogen-bond acceptors (Lipinski definition) is 2. The fourth-order valence-electron chi connectivity index (χ4n) is 2.85. The van der Waals surface area contributed by atoms with E-state index in [0.29, 0.717) is 5.92 Å². The van der Waals surface area contributed by atoms with Crippen LogP contribution >= 0.6 is 0 Å². The van der Waals surface area contributed by atoms with Crippen molar-refractivity contribution in [2.75, 3.05) is 26.8 Å². The molecule has 0 radical (unpaired) electrons. The molecule has 1 N–H and O–H groups in total. The summed E-state index contributed by atoms with van der Waals surface area (Å²) in [5.41, 5.74) is 1.22. The summed E-state index contributed by atoms with van der Waals surface area (Å²) in [7, 11) is 1.72. The summed E-state index contributed by atoms with van der Waals surface area (Å²) >= 11 is 0. The van der Waals surface area contributed by atoms with Gasteiger partial charge in [0.1, 0.15) is 5.82 Å². The lowest BCUT2D eigenvalue weighted by molar-refractivity contribution is 0.196. The van der Waals surface area contributed by atoms with E-state index in [0.717, 1.165) is 32.0 Å². The highest BCUT2D eigenvalue weighted by Gasteiger charge is 2.13. The molecule has 0 aliphatic rings. The summed E-state index contributed by atoms with van der Waals surface area (Å²) in [6, 6.07) is 6.92. The van der Waals surface area contributed by atoms with Crippen molar-refractivity contribution in [2.24, 2.45) is 11.8 Å². The maximum absolute atomic E-state index is 13.0. The minimum atomic E-state index is -0.159. The van der Waals surface area contributed by atoms with Crippen molar-refractivity contribution in [1.82, 2.24) is 5.32 Å². The van der Waals surface area contributed by atoms with E-state index < -0.39 is 0 Å². The third kappa shape index (κ3) is 8.18. The lowest BCUT2D eigenvalue weighted by Gasteiger charge is -2.21. The quantitative estimate of drug-likeness (QED) is 0.622. The van der Waals surface area contributed by atoms with E-state index in [2.05, 4.69) is 19.2 Å². The topological polar surface area (TPSA) is 21.3 Å². The number of benzene rings is 1. The van der Waals surface area contributed by atoms with Gasteiger partial charge < -0.3 is 10.1 Å². The zero-order valence-electron chi connectivity index (χ0n) is 13.7. The number of nitrogens with one attached hydrogen (secondary N) is 1. The van der Waals surface area contributed by atoms with Gasteiger partial charge in [-0.25, -0.2) is 4.39 Å². The zero-order chi connectivity index (χ0) is 15.5. The molecule has 120 valence electrons. The smallest absolute Gasteiger partial charge is 0.123 e. The fraction of sp³-hybridized carbons (Fsp3) is 0.667. The van der Waals surface area contributed by atoms with Crippen LogP contribution in [0.15, 0.2) is 24.3 Å². The molecule has 0 aromatic heterocycles. The summed E-state index contributed by atoms with van der Waals surface area (Å²) in [4.78, 5) is 0. The Balaban J connectivity index is 2.51. The van der Waals surface area contributed by atoms with Crippen LogP contribution in [0.4, 0.5) is 4.39 Å². The molecule has 0 amide bonds. The summed E-state index contributed by atoms with van der Waals surface area (Å²) in [5, 5.41) is 3.47. The second-order valence-electron chi connectivity index (χ2n) is 6.02. The van der Waals surface area contributed by atoms with Gasteiger partial charge in [0.2, 0.25) is 0 Å². The monoisotopic (exact) mass is 295 g/mol. The highest BCUT2D eigenvalue weighted by atomic mass is 19.1. The van der Waals surface area contributed by atoms with Crippen LogP contribution in [-0.4, -0.2) is 26.8 Å². The Morgan fingerprint density at radius 2 is 1.95 bits per heavy atom. The number of methoxy groups -OCH3 is 1. The Morgan fingerprint density at radius 1 is 1.24 bits per heavy atom. The highest BCUT2D eigenvalue weighted by molar-refractivity contribution is 5.16. The molecule has 2 atom stereocenters. The Kier molecular flexibility index (Phi) is 9.27. The SMILES string of the molecule is CCCC(C)CC(CNCCOC)Cc1ccc(F)cc1. The van der Waals surface area contributed by atoms with E-state index in [1.54, 1.807) is 19.2 Å². The Bertz CT molecular complexity index is 366. The minimum absolute atomic E-state index is 0.159. The van der Waals surface area contributed by atoms with Crippen molar-refractivity contribution < 1.29 is 9.13 Å².